The maximum atomic E-state index is 10.9. The fourth-order valence-corrected chi connectivity index (χ4v) is 1.61. The van der Waals surface area contributed by atoms with Crippen LogP contribution in [0.5, 0.6) is 0 Å². The summed E-state index contributed by atoms with van der Waals surface area (Å²) in [5.41, 5.74) is 0. The van der Waals surface area contributed by atoms with Crippen molar-refractivity contribution in [3.63, 3.8) is 0 Å². The van der Waals surface area contributed by atoms with Gasteiger partial charge in [-0.3, -0.25) is 9.69 Å². The third-order valence-corrected chi connectivity index (χ3v) is 2.57. The number of carbonyl (C=O) groups is 1. The molecule has 2 atom stereocenters. The van der Waals surface area contributed by atoms with Crippen molar-refractivity contribution in [2.45, 2.75) is 38.8 Å². The van der Waals surface area contributed by atoms with E-state index in [1.54, 1.807) is 7.11 Å². The second-order valence-corrected chi connectivity index (χ2v) is 3.45. The average molecular weight is 203 g/mol. The van der Waals surface area contributed by atoms with Gasteiger partial charge in [0.05, 0.1) is 6.61 Å². The zero-order chi connectivity index (χ0) is 11.1. The molecular formula is C10H21NO3. The van der Waals surface area contributed by atoms with Crippen molar-refractivity contribution < 1.29 is 14.6 Å². The molecule has 0 amide bonds. The molecule has 0 radical (unpaired) electrons. The summed E-state index contributed by atoms with van der Waals surface area (Å²) in [7, 11) is 3.48. The molecule has 0 rings (SSSR count). The first kappa shape index (κ1) is 13.4. The van der Waals surface area contributed by atoms with Crippen LogP contribution in [0.4, 0.5) is 0 Å². The SMILES string of the molecule is CCC(COC)N(C)C(CC)C(=O)O. The van der Waals surface area contributed by atoms with E-state index in [2.05, 4.69) is 0 Å². The van der Waals surface area contributed by atoms with Crippen molar-refractivity contribution in [3.05, 3.63) is 0 Å². The van der Waals surface area contributed by atoms with Crippen molar-refractivity contribution in [2.24, 2.45) is 0 Å². The Hall–Kier alpha value is -0.610. The van der Waals surface area contributed by atoms with Crippen LogP contribution in [0.25, 0.3) is 0 Å². The minimum absolute atomic E-state index is 0.182. The van der Waals surface area contributed by atoms with Crippen LogP contribution in [0, 0.1) is 0 Å². The van der Waals surface area contributed by atoms with Gasteiger partial charge in [0.1, 0.15) is 6.04 Å². The van der Waals surface area contributed by atoms with Crippen molar-refractivity contribution in [1.82, 2.24) is 4.90 Å². The number of nitrogens with zero attached hydrogens (tertiary/aromatic N) is 1. The lowest BCUT2D eigenvalue weighted by atomic mass is 10.1. The van der Waals surface area contributed by atoms with Crippen LogP contribution in [0.15, 0.2) is 0 Å². The largest absolute Gasteiger partial charge is 0.480 e. The minimum Gasteiger partial charge on any atom is -0.480 e. The molecule has 0 aromatic heterocycles. The fourth-order valence-electron chi connectivity index (χ4n) is 1.61. The van der Waals surface area contributed by atoms with Gasteiger partial charge in [-0.25, -0.2) is 0 Å². The number of methoxy groups -OCH3 is 1. The van der Waals surface area contributed by atoms with Gasteiger partial charge in [0.15, 0.2) is 0 Å². The summed E-state index contributed by atoms with van der Waals surface area (Å²) in [6, 6.07) is -0.226. The third-order valence-electron chi connectivity index (χ3n) is 2.57. The van der Waals surface area contributed by atoms with Gasteiger partial charge in [0.25, 0.3) is 0 Å². The van der Waals surface area contributed by atoms with E-state index in [9.17, 15) is 4.79 Å². The zero-order valence-electron chi connectivity index (χ0n) is 9.49. The molecule has 4 nitrogen and oxygen atoms in total. The molecule has 0 aliphatic carbocycles. The van der Waals surface area contributed by atoms with Crippen LogP contribution in [0.2, 0.25) is 0 Å². The number of rotatable bonds is 7. The second-order valence-electron chi connectivity index (χ2n) is 3.45. The van der Waals surface area contributed by atoms with Gasteiger partial charge in [-0.1, -0.05) is 13.8 Å². The minimum atomic E-state index is -0.760. The first-order valence-electron chi connectivity index (χ1n) is 5.02. The maximum Gasteiger partial charge on any atom is 0.320 e. The summed E-state index contributed by atoms with van der Waals surface area (Å²) in [6.07, 6.45) is 1.51. The smallest absolute Gasteiger partial charge is 0.320 e. The molecule has 0 spiro atoms. The van der Waals surface area contributed by atoms with Crippen LogP contribution < -0.4 is 0 Å². The summed E-state index contributed by atoms with van der Waals surface area (Å²) in [6.45, 7) is 4.50. The zero-order valence-corrected chi connectivity index (χ0v) is 9.49. The Morgan fingerprint density at radius 1 is 1.43 bits per heavy atom. The molecule has 0 fully saturated rings. The van der Waals surface area contributed by atoms with Crippen molar-refractivity contribution >= 4 is 5.97 Å². The summed E-state index contributed by atoms with van der Waals surface area (Å²) >= 11 is 0. The molecule has 0 aliphatic rings. The number of ether oxygens (including phenoxy) is 1. The van der Waals surface area contributed by atoms with Gasteiger partial charge in [-0.05, 0) is 19.9 Å². The standard InChI is InChI=1S/C10H21NO3/c1-5-8(7-14-4)11(3)9(6-2)10(12)13/h8-9H,5-7H2,1-4H3,(H,12,13). The van der Waals surface area contributed by atoms with Crippen molar-refractivity contribution in [3.8, 4) is 0 Å². The normalized spacial score (nSPS) is 15.5. The molecule has 84 valence electrons. The molecule has 0 saturated heterocycles. The van der Waals surface area contributed by atoms with E-state index >= 15 is 0 Å². The first-order valence-corrected chi connectivity index (χ1v) is 5.02. The Morgan fingerprint density at radius 3 is 2.29 bits per heavy atom. The van der Waals surface area contributed by atoms with Gasteiger partial charge < -0.3 is 9.84 Å². The van der Waals surface area contributed by atoms with E-state index in [1.807, 2.05) is 25.8 Å². The third kappa shape index (κ3) is 3.64. The highest BCUT2D eigenvalue weighted by atomic mass is 16.5. The van der Waals surface area contributed by atoms with Gasteiger partial charge >= 0.3 is 5.97 Å². The lowest BCUT2D eigenvalue weighted by Gasteiger charge is -2.31. The Morgan fingerprint density at radius 2 is 2.00 bits per heavy atom. The molecule has 2 unspecified atom stereocenters. The fraction of sp³-hybridized carbons (Fsp3) is 0.900. The summed E-state index contributed by atoms with van der Waals surface area (Å²) in [5.74, 6) is -0.760. The molecule has 0 bridgehead atoms. The number of hydrogen-bond acceptors (Lipinski definition) is 3. The highest BCUT2D eigenvalue weighted by Crippen LogP contribution is 2.10. The van der Waals surface area contributed by atoms with Gasteiger partial charge in [-0.15, -0.1) is 0 Å². The van der Waals surface area contributed by atoms with Crippen LogP contribution in [0.1, 0.15) is 26.7 Å². The summed E-state index contributed by atoms with van der Waals surface area (Å²) in [4.78, 5) is 12.8. The quantitative estimate of drug-likeness (QED) is 0.675. The highest BCUT2D eigenvalue weighted by molar-refractivity contribution is 5.73. The van der Waals surface area contributed by atoms with Crippen LogP contribution in [0.3, 0.4) is 0 Å². The molecule has 0 aliphatic heterocycles. The molecule has 0 aromatic rings. The Labute approximate surface area is 85.9 Å². The Balaban J connectivity index is 4.36. The van der Waals surface area contributed by atoms with Crippen LogP contribution in [-0.4, -0.2) is 48.8 Å². The molecular weight excluding hydrogens is 182 g/mol. The predicted octanol–water partition coefficient (Wildman–Crippen LogP) is 1.21. The Kier molecular flexibility index (Phi) is 6.49. The number of aliphatic carboxylic acids is 1. The molecule has 0 aromatic carbocycles. The first-order chi connectivity index (χ1) is 6.58. The lowest BCUT2D eigenvalue weighted by Crippen LogP contribution is -2.46. The van der Waals surface area contributed by atoms with Crippen molar-refractivity contribution in [1.29, 1.82) is 0 Å². The second kappa shape index (κ2) is 6.79. The Bertz CT molecular complexity index is 173. The molecule has 0 saturated carbocycles. The average Bonchev–Trinajstić information content (AvgIpc) is 2.14. The summed E-state index contributed by atoms with van der Waals surface area (Å²) < 4.78 is 5.06. The van der Waals surface area contributed by atoms with Gasteiger partial charge in [-0.2, -0.15) is 0 Å². The summed E-state index contributed by atoms with van der Waals surface area (Å²) in [5, 5.41) is 8.97. The maximum absolute atomic E-state index is 10.9. The van der Waals surface area contributed by atoms with E-state index in [0.29, 0.717) is 13.0 Å². The number of likely N-dealkylation sites (N-methyl/N-ethyl adjacent to an activating group) is 1. The van der Waals surface area contributed by atoms with Crippen molar-refractivity contribution in [2.75, 3.05) is 20.8 Å². The van der Waals surface area contributed by atoms with Crippen LogP contribution >= 0.6 is 0 Å². The van der Waals surface area contributed by atoms with E-state index < -0.39 is 12.0 Å². The highest BCUT2D eigenvalue weighted by Gasteiger charge is 2.25. The van der Waals surface area contributed by atoms with E-state index in [-0.39, 0.29) is 6.04 Å². The molecule has 14 heavy (non-hydrogen) atoms. The number of hydrogen-bond donors (Lipinski definition) is 1. The molecule has 0 heterocycles. The van der Waals surface area contributed by atoms with Crippen LogP contribution in [-0.2, 0) is 9.53 Å². The van der Waals surface area contributed by atoms with E-state index in [0.717, 1.165) is 6.42 Å². The topological polar surface area (TPSA) is 49.8 Å². The number of carboxylic acids is 1. The molecule has 1 N–H and O–H groups in total. The monoisotopic (exact) mass is 203 g/mol. The number of carboxylic acid groups (broad SMARTS) is 1. The van der Waals surface area contributed by atoms with E-state index in [4.69, 9.17) is 9.84 Å². The van der Waals surface area contributed by atoms with E-state index in [1.165, 1.54) is 0 Å². The molecule has 4 heteroatoms. The predicted molar refractivity (Wildman–Crippen MR) is 55.4 cm³/mol. The van der Waals surface area contributed by atoms with Gasteiger partial charge in [0, 0.05) is 13.2 Å². The lowest BCUT2D eigenvalue weighted by molar-refractivity contribution is -0.144. The van der Waals surface area contributed by atoms with Gasteiger partial charge in [0.2, 0.25) is 0 Å².